The molecule has 94 valence electrons. The minimum atomic E-state index is -1.10. The first kappa shape index (κ1) is 12.5. The molecule has 3 nitrogen and oxygen atoms in total. The Morgan fingerprint density at radius 2 is 1.94 bits per heavy atom. The molecule has 0 aliphatic rings. The zero-order chi connectivity index (χ0) is 13.3. The number of aliphatic hydroxyl groups excluding tert-OH is 1. The third-order valence-electron chi connectivity index (χ3n) is 3.03. The first-order valence-corrected chi connectivity index (χ1v) is 5.66. The van der Waals surface area contributed by atoms with Crippen LogP contribution in [0.2, 0.25) is 0 Å². The topological polar surface area (TPSA) is 59.1 Å². The third-order valence-corrected chi connectivity index (χ3v) is 3.03. The number of benzene rings is 1. The standard InChI is InChI=1S/C14H15FN2O/c1-8-6-7-17-14(16)11(8)13(18)10-5-3-4-9(2)12(10)15/h3-7,13,18H,1-2H3,(H2,16,17). The van der Waals surface area contributed by atoms with E-state index in [2.05, 4.69) is 4.98 Å². The predicted octanol–water partition coefficient (Wildman–Crippen LogP) is 2.50. The second-order valence-electron chi connectivity index (χ2n) is 4.31. The SMILES string of the molecule is Cc1cccc(C(O)c2c(C)ccnc2N)c1F. The van der Waals surface area contributed by atoms with E-state index in [0.29, 0.717) is 11.1 Å². The second-order valence-corrected chi connectivity index (χ2v) is 4.31. The Morgan fingerprint density at radius 3 is 2.61 bits per heavy atom. The summed E-state index contributed by atoms with van der Waals surface area (Å²) in [5, 5.41) is 10.3. The van der Waals surface area contributed by atoms with Gasteiger partial charge in [0.1, 0.15) is 17.7 Å². The van der Waals surface area contributed by atoms with Gasteiger partial charge in [-0.25, -0.2) is 9.37 Å². The summed E-state index contributed by atoms with van der Waals surface area (Å²) in [6, 6.07) is 6.66. The molecule has 2 rings (SSSR count). The maximum atomic E-state index is 14.0. The summed E-state index contributed by atoms with van der Waals surface area (Å²) in [6.07, 6.45) is 0.464. The average molecular weight is 246 g/mol. The molecule has 1 atom stereocenters. The zero-order valence-corrected chi connectivity index (χ0v) is 10.3. The Morgan fingerprint density at radius 1 is 1.22 bits per heavy atom. The van der Waals surface area contributed by atoms with Gasteiger partial charge < -0.3 is 10.8 Å². The molecule has 0 radical (unpaired) electrons. The van der Waals surface area contributed by atoms with Crippen LogP contribution in [0.1, 0.15) is 28.4 Å². The van der Waals surface area contributed by atoms with E-state index in [4.69, 9.17) is 5.73 Å². The number of nitrogens with two attached hydrogens (primary N) is 1. The summed E-state index contributed by atoms with van der Waals surface area (Å²) in [7, 11) is 0. The highest BCUT2D eigenvalue weighted by Crippen LogP contribution is 2.30. The number of aliphatic hydroxyl groups is 1. The van der Waals surface area contributed by atoms with E-state index in [1.54, 1.807) is 37.4 Å². The molecule has 0 saturated carbocycles. The number of halogens is 1. The normalized spacial score (nSPS) is 12.4. The smallest absolute Gasteiger partial charge is 0.132 e. The third kappa shape index (κ3) is 2.07. The fourth-order valence-electron chi connectivity index (χ4n) is 1.98. The second kappa shape index (κ2) is 4.74. The van der Waals surface area contributed by atoms with Gasteiger partial charge in [0.2, 0.25) is 0 Å². The van der Waals surface area contributed by atoms with E-state index in [-0.39, 0.29) is 11.4 Å². The average Bonchev–Trinajstić information content (AvgIpc) is 2.32. The van der Waals surface area contributed by atoms with Crippen molar-refractivity contribution < 1.29 is 9.50 Å². The first-order chi connectivity index (χ1) is 8.52. The molecule has 3 N–H and O–H groups in total. The quantitative estimate of drug-likeness (QED) is 0.856. The van der Waals surface area contributed by atoms with Crippen LogP contribution in [0, 0.1) is 19.7 Å². The predicted molar refractivity (Wildman–Crippen MR) is 68.6 cm³/mol. The van der Waals surface area contributed by atoms with Crippen molar-refractivity contribution in [3.05, 3.63) is 58.5 Å². The van der Waals surface area contributed by atoms with E-state index in [9.17, 15) is 9.50 Å². The number of aromatic nitrogens is 1. The lowest BCUT2D eigenvalue weighted by Gasteiger charge is -2.17. The Hall–Kier alpha value is -1.94. The number of hydrogen-bond acceptors (Lipinski definition) is 3. The molecule has 0 aliphatic heterocycles. The van der Waals surface area contributed by atoms with Crippen LogP contribution >= 0.6 is 0 Å². The number of nitrogen functional groups attached to an aromatic ring is 1. The van der Waals surface area contributed by atoms with E-state index in [1.807, 2.05) is 6.92 Å². The minimum Gasteiger partial charge on any atom is -0.383 e. The summed E-state index contributed by atoms with van der Waals surface area (Å²) in [4.78, 5) is 3.93. The van der Waals surface area contributed by atoms with Gasteiger partial charge in [-0.2, -0.15) is 0 Å². The van der Waals surface area contributed by atoms with E-state index in [1.165, 1.54) is 0 Å². The Balaban J connectivity index is 2.55. The van der Waals surface area contributed by atoms with Crippen LogP contribution in [-0.2, 0) is 0 Å². The first-order valence-electron chi connectivity index (χ1n) is 5.66. The highest BCUT2D eigenvalue weighted by molar-refractivity contribution is 5.49. The Kier molecular flexibility index (Phi) is 3.30. The number of rotatable bonds is 2. The van der Waals surface area contributed by atoms with Gasteiger partial charge in [0.15, 0.2) is 0 Å². The van der Waals surface area contributed by atoms with Gasteiger partial charge >= 0.3 is 0 Å². The van der Waals surface area contributed by atoms with Crippen molar-refractivity contribution in [2.45, 2.75) is 20.0 Å². The molecule has 0 bridgehead atoms. The number of pyridine rings is 1. The van der Waals surface area contributed by atoms with Crippen LogP contribution in [-0.4, -0.2) is 10.1 Å². The molecule has 0 fully saturated rings. The van der Waals surface area contributed by atoms with Gasteiger partial charge in [0.05, 0.1) is 0 Å². The number of anilines is 1. The van der Waals surface area contributed by atoms with E-state index >= 15 is 0 Å². The molecule has 0 saturated heterocycles. The minimum absolute atomic E-state index is 0.220. The maximum Gasteiger partial charge on any atom is 0.132 e. The van der Waals surface area contributed by atoms with Gasteiger partial charge in [-0.3, -0.25) is 0 Å². The molecule has 1 unspecified atom stereocenters. The fourth-order valence-corrected chi connectivity index (χ4v) is 1.98. The van der Waals surface area contributed by atoms with E-state index in [0.717, 1.165) is 5.56 Å². The molecule has 1 heterocycles. The van der Waals surface area contributed by atoms with Gasteiger partial charge in [-0.05, 0) is 31.0 Å². The molecule has 0 amide bonds. The Labute approximate surface area is 105 Å². The zero-order valence-electron chi connectivity index (χ0n) is 10.3. The van der Waals surface area contributed by atoms with Crippen molar-refractivity contribution >= 4 is 5.82 Å². The van der Waals surface area contributed by atoms with Crippen molar-refractivity contribution in [2.24, 2.45) is 0 Å². The van der Waals surface area contributed by atoms with Gasteiger partial charge in [-0.15, -0.1) is 0 Å². The number of hydrogen-bond donors (Lipinski definition) is 2. The monoisotopic (exact) mass is 246 g/mol. The van der Waals surface area contributed by atoms with Crippen LogP contribution in [0.3, 0.4) is 0 Å². The van der Waals surface area contributed by atoms with Gasteiger partial charge in [0.25, 0.3) is 0 Å². The highest BCUT2D eigenvalue weighted by Gasteiger charge is 2.20. The van der Waals surface area contributed by atoms with Crippen molar-refractivity contribution in [2.75, 3.05) is 5.73 Å². The number of aryl methyl sites for hydroxylation is 2. The lowest BCUT2D eigenvalue weighted by atomic mass is 9.96. The molecule has 1 aromatic carbocycles. The van der Waals surface area contributed by atoms with Gasteiger partial charge in [0, 0.05) is 17.3 Å². The Bertz CT molecular complexity index is 564. The summed E-state index contributed by atoms with van der Waals surface area (Å²) < 4.78 is 14.0. The molecule has 0 aliphatic carbocycles. The molecule has 1 aromatic heterocycles. The van der Waals surface area contributed by atoms with Crippen molar-refractivity contribution in [3.8, 4) is 0 Å². The fraction of sp³-hybridized carbons (Fsp3) is 0.214. The maximum absolute atomic E-state index is 14.0. The summed E-state index contributed by atoms with van der Waals surface area (Å²) >= 11 is 0. The van der Waals surface area contributed by atoms with Crippen LogP contribution in [0.4, 0.5) is 10.2 Å². The lowest BCUT2D eigenvalue weighted by molar-refractivity contribution is 0.214. The van der Waals surface area contributed by atoms with Crippen molar-refractivity contribution in [1.82, 2.24) is 4.98 Å². The summed E-state index contributed by atoms with van der Waals surface area (Å²) in [5.74, 6) is -0.184. The molecule has 18 heavy (non-hydrogen) atoms. The van der Waals surface area contributed by atoms with Crippen LogP contribution < -0.4 is 5.73 Å². The van der Waals surface area contributed by atoms with Gasteiger partial charge in [-0.1, -0.05) is 18.2 Å². The highest BCUT2D eigenvalue weighted by atomic mass is 19.1. The van der Waals surface area contributed by atoms with E-state index < -0.39 is 11.9 Å². The lowest BCUT2D eigenvalue weighted by Crippen LogP contribution is -2.09. The van der Waals surface area contributed by atoms with Crippen LogP contribution in [0.15, 0.2) is 30.5 Å². The summed E-state index contributed by atoms with van der Waals surface area (Å²) in [5.41, 5.74) is 7.71. The van der Waals surface area contributed by atoms with Crippen LogP contribution in [0.25, 0.3) is 0 Å². The number of nitrogens with zero attached hydrogens (tertiary/aromatic N) is 1. The molecule has 0 spiro atoms. The largest absolute Gasteiger partial charge is 0.383 e. The molecule has 4 heteroatoms. The molecular formula is C14H15FN2O. The van der Waals surface area contributed by atoms with Crippen LogP contribution in [0.5, 0.6) is 0 Å². The molecular weight excluding hydrogens is 231 g/mol. The van der Waals surface area contributed by atoms with Crippen molar-refractivity contribution in [1.29, 1.82) is 0 Å². The summed E-state index contributed by atoms with van der Waals surface area (Å²) in [6.45, 7) is 3.47. The molecule has 2 aromatic rings. The van der Waals surface area contributed by atoms with Crippen molar-refractivity contribution in [3.63, 3.8) is 0 Å².